The predicted molar refractivity (Wildman–Crippen MR) is 135 cm³/mol. The van der Waals surface area contributed by atoms with Crippen molar-refractivity contribution in [1.29, 1.82) is 0 Å². The van der Waals surface area contributed by atoms with Gasteiger partial charge in [0.1, 0.15) is 10.5 Å². The van der Waals surface area contributed by atoms with Gasteiger partial charge in [-0.1, -0.05) is 38.0 Å². The van der Waals surface area contributed by atoms with Crippen molar-refractivity contribution in [3.05, 3.63) is 54.0 Å². The number of hydrogen-bond donors (Lipinski definition) is 2. The quantitative estimate of drug-likeness (QED) is 0.240. The highest BCUT2D eigenvalue weighted by molar-refractivity contribution is 7.99. The maximum absolute atomic E-state index is 12.2. The molecule has 8 heteroatoms. The van der Waals surface area contributed by atoms with Crippen molar-refractivity contribution < 1.29 is 4.79 Å². The molecular weight excluding hydrogens is 432 g/mol. The van der Waals surface area contributed by atoms with E-state index < -0.39 is 5.91 Å². The van der Waals surface area contributed by atoms with E-state index in [0.717, 1.165) is 70.5 Å². The van der Waals surface area contributed by atoms with E-state index in [-0.39, 0.29) is 0 Å². The number of imidazole rings is 1. The first-order valence-corrected chi connectivity index (χ1v) is 12.5. The summed E-state index contributed by atoms with van der Waals surface area (Å²) in [6.45, 7) is 2.98. The van der Waals surface area contributed by atoms with Crippen molar-refractivity contribution in [2.75, 3.05) is 11.5 Å². The summed E-state index contributed by atoms with van der Waals surface area (Å²) in [6.07, 6.45) is 9.71. The Morgan fingerprint density at radius 2 is 1.94 bits per heavy atom. The van der Waals surface area contributed by atoms with E-state index in [9.17, 15) is 4.79 Å². The Balaban J connectivity index is 1.45. The minimum Gasteiger partial charge on any atom is -0.382 e. The number of carbonyl (C=O) groups is 1. The highest BCUT2D eigenvalue weighted by atomic mass is 32.2. The van der Waals surface area contributed by atoms with Crippen LogP contribution in [0.5, 0.6) is 0 Å². The van der Waals surface area contributed by atoms with Crippen molar-refractivity contribution in [2.24, 2.45) is 5.73 Å². The summed E-state index contributed by atoms with van der Waals surface area (Å²) in [5.74, 6) is 1.00. The summed E-state index contributed by atoms with van der Waals surface area (Å²) in [7, 11) is 0. The summed E-state index contributed by atoms with van der Waals surface area (Å²) in [5, 5.41) is 1.81. The molecule has 0 radical (unpaired) electrons. The fourth-order valence-corrected chi connectivity index (χ4v) is 5.21. The number of aromatic nitrogens is 4. The first-order valence-electron chi connectivity index (χ1n) is 11.5. The molecule has 0 saturated heterocycles. The number of hydrogen-bond acceptors (Lipinski definition) is 6. The fraction of sp³-hybridized carbons (Fsp3) is 0.360. The molecule has 4 N–H and O–H groups in total. The zero-order chi connectivity index (χ0) is 23.2. The van der Waals surface area contributed by atoms with E-state index in [4.69, 9.17) is 11.5 Å². The second-order valence-electron chi connectivity index (χ2n) is 8.18. The Morgan fingerprint density at radius 1 is 1.09 bits per heavy atom. The summed E-state index contributed by atoms with van der Waals surface area (Å²) in [5.41, 5.74) is 16.1. The highest BCUT2D eigenvalue weighted by Gasteiger charge is 2.16. The van der Waals surface area contributed by atoms with Crippen molar-refractivity contribution in [3.8, 4) is 0 Å². The molecule has 4 rings (SSSR count). The monoisotopic (exact) mass is 462 g/mol. The molecule has 1 aromatic carbocycles. The maximum Gasteiger partial charge on any atom is 0.251 e. The smallest absolute Gasteiger partial charge is 0.251 e. The average molecular weight is 463 g/mol. The second-order valence-corrected chi connectivity index (χ2v) is 9.26. The molecule has 33 heavy (non-hydrogen) atoms. The molecule has 0 unspecified atom stereocenters. The fourth-order valence-electron chi connectivity index (χ4n) is 4.16. The maximum atomic E-state index is 12.2. The minimum absolute atomic E-state index is 0.397. The number of carbonyl (C=O) groups excluding carboxylic acids is 1. The number of amides is 1. The Labute approximate surface area is 198 Å². The molecule has 0 bridgehead atoms. The molecule has 0 spiro atoms. The van der Waals surface area contributed by atoms with Gasteiger partial charge in [-0.25, -0.2) is 15.0 Å². The zero-order valence-electron chi connectivity index (χ0n) is 19.0. The van der Waals surface area contributed by atoms with Crippen molar-refractivity contribution in [3.63, 3.8) is 0 Å². The summed E-state index contributed by atoms with van der Waals surface area (Å²) >= 11 is 1.63. The predicted octanol–water partition coefficient (Wildman–Crippen LogP) is 4.97. The van der Waals surface area contributed by atoms with Gasteiger partial charge in [-0.15, -0.1) is 11.8 Å². The van der Waals surface area contributed by atoms with Gasteiger partial charge in [0.05, 0.1) is 22.9 Å². The van der Waals surface area contributed by atoms with Crippen LogP contribution in [0.2, 0.25) is 0 Å². The number of nitrogens with two attached hydrogens (primary N) is 2. The van der Waals surface area contributed by atoms with Gasteiger partial charge in [-0.05, 0) is 49.1 Å². The molecule has 0 aliphatic heterocycles. The van der Waals surface area contributed by atoms with E-state index >= 15 is 0 Å². The second kappa shape index (κ2) is 10.7. The van der Waals surface area contributed by atoms with Crippen molar-refractivity contribution in [2.45, 2.75) is 57.0 Å². The Bertz CT molecular complexity index is 1270. The highest BCUT2D eigenvalue weighted by Crippen LogP contribution is 2.28. The number of fused-ring (bicyclic) bond motifs is 3. The SMILES string of the molecule is CCCCCSc1nccc(CCCCn2cnc3c(N)nc4ccccc4c32)c1C(N)=O. The van der Waals surface area contributed by atoms with Crippen LogP contribution in [0.1, 0.15) is 54.9 Å². The largest absolute Gasteiger partial charge is 0.382 e. The van der Waals surface area contributed by atoms with Crippen LogP contribution < -0.4 is 11.5 Å². The molecule has 3 heterocycles. The van der Waals surface area contributed by atoms with E-state index in [1.807, 2.05) is 30.6 Å². The third-order valence-electron chi connectivity index (χ3n) is 5.81. The average Bonchev–Trinajstić information content (AvgIpc) is 3.24. The number of pyridine rings is 2. The number of unbranched alkanes of at least 4 members (excludes halogenated alkanes) is 3. The standard InChI is InChI=1S/C25H30N6OS/c1-2-3-8-15-33-25-20(24(27)32)17(12-13-28-25)9-6-7-14-31-16-29-21-22(31)18-10-4-5-11-19(18)30-23(21)26/h4-5,10-13,16H,2-3,6-9,14-15H2,1H3,(H2,26,30)(H2,27,32). The topological polar surface area (TPSA) is 113 Å². The van der Waals surface area contributed by atoms with Crippen LogP contribution in [0.3, 0.4) is 0 Å². The lowest BCUT2D eigenvalue weighted by Gasteiger charge is -2.12. The number of thioether (sulfide) groups is 1. The Morgan fingerprint density at radius 3 is 2.76 bits per heavy atom. The van der Waals surface area contributed by atoms with Gasteiger partial charge in [-0.2, -0.15) is 0 Å². The molecule has 0 aliphatic carbocycles. The first kappa shape index (κ1) is 23.0. The number of nitrogen functional groups attached to an aromatic ring is 1. The van der Waals surface area contributed by atoms with Gasteiger partial charge in [0, 0.05) is 18.1 Å². The molecule has 172 valence electrons. The Hall–Kier alpha value is -3.13. The van der Waals surface area contributed by atoms with Crippen LogP contribution in [0.25, 0.3) is 21.9 Å². The number of aryl methyl sites for hydroxylation is 2. The van der Waals surface area contributed by atoms with Gasteiger partial charge >= 0.3 is 0 Å². The summed E-state index contributed by atoms with van der Waals surface area (Å²) in [4.78, 5) is 25.6. The molecule has 0 fully saturated rings. The van der Waals surface area contributed by atoms with E-state index in [0.29, 0.717) is 11.4 Å². The minimum atomic E-state index is -0.397. The van der Waals surface area contributed by atoms with Crippen LogP contribution in [0.4, 0.5) is 5.82 Å². The molecule has 1 amide bonds. The first-order chi connectivity index (χ1) is 16.1. The van der Waals surface area contributed by atoms with Crippen LogP contribution in [0, 0.1) is 0 Å². The van der Waals surface area contributed by atoms with Crippen molar-refractivity contribution >= 4 is 45.4 Å². The van der Waals surface area contributed by atoms with Crippen molar-refractivity contribution in [1.82, 2.24) is 19.5 Å². The third kappa shape index (κ3) is 5.11. The van der Waals surface area contributed by atoms with Crippen LogP contribution in [-0.2, 0) is 13.0 Å². The lowest BCUT2D eigenvalue weighted by molar-refractivity contribution is 0.0996. The molecule has 0 atom stereocenters. The van der Waals surface area contributed by atoms with Gasteiger partial charge in [0.25, 0.3) is 5.91 Å². The molecule has 4 aromatic rings. The zero-order valence-corrected chi connectivity index (χ0v) is 19.8. The van der Waals surface area contributed by atoms with Crippen LogP contribution >= 0.6 is 11.8 Å². The number of para-hydroxylation sites is 1. The lowest BCUT2D eigenvalue weighted by atomic mass is 10.0. The van der Waals surface area contributed by atoms with E-state index in [2.05, 4.69) is 32.5 Å². The van der Waals surface area contributed by atoms with Gasteiger partial charge in [-0.3, -0.25) is 4.79 Å². The van der Waals surface area contributed by atoms with Crippen LogP contribution in [-0.4, -0.2) is 31.2 Å². The summed E-state index contributed by atoms with van der Waals surface area (Å²) in [6, 6.07) is 9.91. The normalized spacial score (nSPS) is 11.4. The number of primary amides is 1. The van der Waals surface area contributed by atoms with Gasteiger partial charge < -0.3 is 16.0 Å². The number of anilines is 1. The third-order valence-corrected chi connectivity index (χ3v) is 6.89. The number of nitrogens with zero attached hydrogens (tertiary/aromatic N) is 4. The molecule has 7 nitrogen and oxygen atoms in total. The van der Waals surface area contributed by atoms with E-state index in [1.165, 1.54) is 12.8 Å². The van der Waals surface area contributed by atoms with E-state index in [1.54, 1.807) is 18.0 Å². The molecular formula is C25H30N6OS. The Kier molecular flexibility index (Phi) is 7.44. The van der Waals surface area contributed by atoms with Crippen LogP contribution in [0.15, 0.2) is 47.9 Å². The van der Waals surface area contributed by atoms with Gasteiger partial charge in [0.2, 0.25) is 0 Å². The molecule has 0 aliphatic rings. The molecule has 0 saturated carbocycles. The van der Waals surface area contributed by atoms with Gasteiger partial charge in [0.15, 0.2) is 5.82 Å². The summed E-state index contributed by atoms with van der Waals surface area (Å²) < 4.78 is 2.15. The molecule has 3 aromatic heterocycles. The number of benzene rings is 1. The lowest BCUT2D eigenvalue weighted by Crippen LogP contribution is -2.16. The number of rotatable bonds is 11.